The summed E-state index contributed by atoms with van der Waals surface area (Å²) < 4.78 is 46.3. The number of rotatable bonds is 7. The number of likely N-dealkylation sites (tertiary alicyclic amines) is 1. The van der Waals surface area contributed by atoms with Crippen molar-refractivity contribution >= 4 is 22.0 Å². The Hall–Kier alpha value is -2.20. The highest BCUT2D eigenvalue weighted by Gasteiger charge is 2.32. The first kappa shape index (κ1) is 23.1. The van der Waals surface area contributed by atoms with Crippen molar-refractivity contribution in [3.05, 3.63) is 30.1 Å². The van der Waals surface area contributed by atoms with Gasteiger partial charge in [0, 0.05) is 19.1 Å². The van der Waals surface area contributed by atoms with E-state index in [0.717, 1.165) is 12.1 Å². The fourth-order valence-electron chi connectivity index (χ4n) is 3.10. The second-order valence-corrected chi connectivity index (χ2v) is 8.92. The van der Waals surface area contributed by atoms with Crippen molar-refractivity contribution in [1.29, 1.82) is 0 Å². The number of nitrogens with one attached hydrogen (secondary N) is 2. The van der Waals surface area contributed by atoms with Crippen LogP contribution in [0.2, 0.25) is 0 Å². The lowest BCUT2D eigenvalue weighted by Crippen LogP contribution is -2.54. The first-order valence-corrected chi connectivity index (χ1v) is 11.1. The Labute approximate surface area is 170 Å². The topological polar surface area (TPSA) is 105 Å². The lowest BCUT2D eigenvalue weighted by molar-refractivity contribution is -0.124. The molecule has 2 rings (SSSR count). The number of piperidine rings is 1. The molecule has 0 radical (unpaired) electrons. The predicted octanol–water partition coefficient (Wildman–Crippen LogP) is 1.87. The maximum absolute atomic E-state index is 13.9. The number of hydrogen-bond acceptors (Lipinski definition) is 5. The van der Waals surface area contributed by atoms with Gasteiger partial charge in [0.2, 0.25) is 15.9 Å². The van der Waals surface area contributed by atoms with Crippen LogP contribution in [0.25, 0.3) is 0 Å². The van der Waals surface area contributed by atoms with Gasteiger partial charge in [0.05, 0.1) is 6.61 Å². The number of amides is 2. The van der Waals surface area contributed by atoms with E-state index in [1.807, 2.05) is 0 Å². The van der Waals surface area contributed by atoms with E-state index >= 15 is 0 Å². The van der Waals surface area contributed by atoms with E-state index in [2.05, 4.69) is 10.0 Å². The smallest absolute Gasteiger partial charge is 0.409 e. The fraction of sp³-hybridized carbons (Fsp3) is 0.579. The van der Waals surface area contributed by atoms with E-state index < -0.39 is 32.7 Å². The molecule has 1 aromatic rings. The molecule has 1 saturated heterocycles. The molecule has 1 fully saturated rings. The molecule has 0 saturated carbocycles. The molecule has 0 aliphatic carbocycles. The molecule has 1 atom stereocenters. The SMILES string of the molecule is CCOC(=O)N1CCC(NC(=O)[C@@H](NS(=O)(=O)c2ccccc2F)C(C)C)CC1. The zero-order valence-corrected chi connectivity index (χ0v) is 17.7. The second-order valence-electron chi connectivity index (χ2n) is 7.24. The van der Waals surface area contributed by atoms with Gasteiger partial charge in [-0.3, -0.25) is 4.79 Å². The Kier molecular flexibility index (Phi) is 7.97. The summed E-state index contributed by atoms with van der Waals surface area (Å²) in [6, 6.07) is 3.77. The molecule has 8 nitrogen and oxygen atoms in total. The quantitative estimate of drug-likeness (QED) is 0.689. The van der Waals surface area contributed by atoms with Gasteiger partial charge in [-0.25, -0.2) is 17.6 Å². The Morgan fingerprint density at radius 2 is 1.86 bits per heavy atom. The zero-order chi connectivity index (χ0) is 21.6. The largest absolute Gasteiger partial charge is 0.450 e. The average Bonchev–Trinajstić information content (AvgIpc) is 2.67. The zero-order valence-electron chi connectivity index (χ0n) is 16.9. The molecule has 0 unspecified atom stereocenters. The van der Waals surface area contributed by atoms with Crippen molar-refractivity contribution in [1.82, 2.24) is 14.9 Å². The van der Waals surface area contributed by atoms with Gasteiger partial charge in [-0.2, -0.15) is 4.72 Å². The molecule has 0 spiro atoms. The Morgan fingerprint density at radius 1 is 1.24 bits per heavy atom. The molecule has 1 aliphatic heterocycles. The maximum Gasteiger partial charge on any atom is 0.409 e. The van der Waals surface area contributed by atoms with Crippen LogP contribution in [0.3, 0.4) is 0 Å². The van der Waals surface area contributed by atoms with E-state index in [-0.39, 0.29) is 18.1 Å². The summed E-state index contributed by atoms with van der Waals surface area (Å²) in [4.78, 5) is 25.6. The van der Waals surface area contributed by atoms with Crippen LogP contribution in [0.15, 0.2) is 29.2 Å². The van der Waals surface area contributed by atoms with Gasteiger partial charge in [-0.15, -0.1) is 0 Å². The first-order valence-electron chi connectivity index (χ1n) is 9.64. The fourth-order valence-corrected chi connectivity index (χ4v) is 4.52. The van der Waals surface area contributed by atoms with Gasteiger partial charge < -0.3 is 15.0 Å². The molecule has 2 N–H and O–H groups in total. The van der Waals surface area contributed by atoms with Crippen molar-refractivity contribution in [3.63, 3.8) is 0 Å². The van der Waals surface area contributed by atoms with Crippen LogP contribution in [-0.4, -0.2) is 57.1 Å². The van der Waals surface area contributed by atoms with Gasteiger partial charge in [0.1, 0.15) is 16.8 Å². The highest BCUT2D eigenvalue weighted by Crippen LogP contribution is 2.17. The van der Waals surface area contributed by atoms with Crippen molar-refractivity contribution < 1.29 is 27.1 Å². The summed E-state index contributed by atoms with van der Waals surface area (Å²) in [5, 5.41) is 2.84. The number of nitrogens with zero attached hydrogens (tertiary/aromatic N) is 1. The van der Waals surface area contributed by atoms with Gasteiger partial charge >= 0.3 is 6.09 Å². The summed E-state index contributed by atoms with van der Waals surface area (Å²) in [7, 11) is -4.20. The molecule has 2 amide bonds. The van der Waals surface area contributed by atoms with Crippen LogP contribution < -0.4 is 10.0 Å². The minimum atomic E-state index is -4.20. The molecule has 29 heavy (non-hydrogen) atoms. The van der Waals surface area contributed by atoms with Crippen molar-refractivity contribution in [2.24, 2.45) is 5.92 Å². The number of sulfonamides is 1. The predicted molar refractivity (Wildman–Crippen MR) is 105 cm³/mol. The summed E-state index contributed by atoms with van der Waals surface area (Å²) in [5.74, 6) is -1.71. The van der Waals surface area contributed by atoms with E-state index in [0.29, 0.717) is 32.5 Å². The lowest BCUT2D eigenvalue weighted by atomic mass is 10.0. The van der Waals surface area contributed by atoms with Crippen LogP contribution >= 0.6 is 0 Å². The van der Waals surface area contributed by atoms with Gasteiger partial charge in [-0.1, -0.05) is 26.0 Å². The van der Waals surface area contributed by atoms with Crippen LogP contribution in [-0.2, 0) is 19.6 Å². The Balaban J connectivity index is 2.00. The minimum Gasteiger partial charge on any atom is -0.450 e. The van der Waals surface area contributed by atoms with Crippen molar-refractivity contribution in [3.8, 4) is 0 Å². The second kappa shape index (κ2) is 10.0. The number of hydrogen-bond donors (Lipinski definition) is 2. The molecule has 1 aromatic carbocycles. The van der Waals surface area contributed by atoms with Gasteiger partial charge in [-0.05, 0) is 37.8 Å². The van der Waals surface area contributed by atoms with Gasteiger partial charge in [0.15, 0.2) is 0 Å². The van der Waals surface area contributed by atoms with E-state index in [1.165, 1.54) is 12.1 Å². The third-order valence-corrected chi connectivity index (χ3v) is 6.20. The first-order chi connectivity index (χ1) is 13.7. The molecule has 162 valence electrons. The molecular formula is C19H28FN3O5S. The van der Waals surface area contributed by atoms with Crippen LogP contribution in [0.4, 0.5) is 9.18 Å². The molecular weight excluding hydrogens is 401 g/mol. The average molecular weight is 430 g/mol. The lowest BCUT2D eigenvalue weighted by Gasteiger charge is -2.33. The summed E-state index contributed by atoms with van der Waals surface area (Å²) >= 11 is 0. The number of halogens is 1. The summed E-state index contributed by atoms with van der Waals surface area (Å²) in [6.07, 6.45) is 0.695. The number of ether oxygens (including phenoxy) is 1. The maximum atomic E-state index is 13.9. The summed E-state index contributed by atoms with van der Waals surface area (Å²) in [5.41, 5.74) is 0. The molecule has 10 heteroatoms. The number of carbonyl (C=O) groups is 2. The normalized spacial score (nSPS) is 16.5. The molecule has 0 bridgehead atoms. The molecule has 1 heterocycles. The minimum absolute atomic E-state index is 0.188. The highest BCUT2D eigenvalue weighted by atomic mass is 32.2. The van der Waals surface area contributed by atoms with Crippen LogP contribution in [0.5, 0.6) is 0 Å². The van der Waals surface area contributed by atoms with Crippen LogP contribution in [0.1, 0.15) is 33.6 Å². The standard InChI is InChI=1S/C19H28FN3O5S/c1-4-28-19(25)23-11-9-14(10-12-23)21-18(24)17(13(2)3)22-29(26,27)16-8-6-5-7-15(16)20/h5-8,13-14,17,22H,4,9-12H2,1-3H3,(H,21,24)/t17-/m0/s1. The highest BCUT2D eigenvalue weighted by molar-refractivity contribution is 7.89. The third kappa shape index (κ3) is 6.14. The number of benzene rings is 1. The van der Waals surface area contributed by atoms with Crippen molar-refractivity contribution in [2.45, 2.75) is 50.6 Å². The van der Waals surface area contributed by atoms with Crippen molar-refractivity contribution in [2.75, 3.05) is 19.7 Å². The summed E-state index contributed by atoms with van der Waals surface area (Å²) in [6.45, 7) is 6.33. The Morgan fingerprint density at radius 3 is 2.41 bits per heavy atom. The van der Waals surface area contributed by atoms with E-state index in [9.17, 15) is 22.4 Å². The Bertz CT molecular complexity index is 823. The molecule has 0 aromatic heterocycles. The molecule has 1 aliphatic rings. The monoisotopic (exact) mass is 429 g/mol. The van der Waals surface area contributed by atoms with E-state index in [4.69, 9.17) is 4.74 Å². The third-order valence-electron chi connectivity index (χ3n) is 4.72. The number of carbonyl (C=O) groups excluding carboxylic acids is 2. The van der Waals surface area contributed by atoms with Gasteiger partial charge in [0.25, 0.3) is 0 Å². The van der Waals surface area contributed by atoms with Crippen LogP contribution in [0, 0.1) is 11.7 Å². The van der Waals surface area contributed by atoms with E-state index in [1.54, 1.807) is 25.7 Å².